The summed E-state index contributed by atoms with van der Waals surface area (Å²) in [6.07, 6.45) is -2.82. The molecular formula is C6H4BrF2N3O4S. The van der Waals surface area contributed by atoms with Crippen LogP contribution in [0, 0.1) is 10.1 Å². The van der Waals surface area contributed by atoms with E-state index in [1.54, 1.807) is 0 Å². The van der Waals surface area contributed by atoms with Crippen molar-refractivity contribution in [2.24, 2.45) is 5.14 Å². The number of alkyl halides is 2. The second-order valence-electron chi connectivity index (χ2n) is 2.78. The second-order valence-corrected chi connectivity index (χ2v) is 5.05. The average molecular weight is 332 g/mol. The summed E-state index contributed by atoms with van der Waals surface area (Å²) in [4.78, 5) is 12.6. The molecule has 0 saturated carbocycles. The van der Waals surface area contributed by atoms with Crippen LogP contribution < -0.4 is 5.14 Å². The Morgan fingerprint density at radius 1 is 1.53 bits per heavy atom. The number of hydrogen-bond donors (Lipinski definition) is 1. The standard InChI is InChI=1S/C6H4BrF2N3O4S/c7-4-3(5(8)9)2(12(13)14)1-11-6(4)17(10,15)16/h1,5H,(H2,10,15,16). The minimum atomic E-state index is -4.35. The van der Waals surface area contributed by atoms with Crippen molar-refractivity contribution < 1.29 is 22.1 Å². The summed E-state index contributed by atoms with van der Waals surface area (Å²) < 4.78 is 46.5. The van der Waals surface area contributed by atoms with E-state index in [2.05, 4.69) is 20.9 Å². The first-order chi connectivity index (χ1) is 7.66. The van der Waals surface area contributed by atoms with Gasteiger partial charge in [0.1, 0.15) is 11.8 Å². The molecule has 0 spiro atoms. The van der Waals surface area contributed by atoms with Gasteiger partial charge in [-0.25, -0.2) is 27.3 Å². The van der Waals surface area contributed by atoms with Gasteiger partial charge in [0.15, 0.2) is 5.03 Å². The summed E-state index contributed by atoms with van der Waals surface area (Å²) >= 11 is 2.53. The van der Waals surface area contributed by atoms with Gasteiger partial charge in [-0.3, -0.25) is 10.1 Å². The van der Waals surface area contributed by atoms with Gasteiger partial charge >= 0.3 is 0 Å². The van der Waals surface area contributed by atoms with Gasteiger partial charge in [0, 0.05) is 0 Å². The third-order valence-electron chi connectivity index (χ3n) is 1.69. The molecule has 2 N–H and O–H groups in total. The van der Waals surface area contributed by atoms with Crippen molar-refractivity contribution in [2.75, 3.05) is 0 Å². The van der Waals surface area contributed by atoms with Gasteiger partial charge in [-0.15, -0.1) is 0 Å². The Hall–Kier alpha value is -1.20. The normalized spacial score (nSPS) is 11.8. The van der Waals surface area contributed by atoms with Crippen LogP contribution >= 0.6 is 15.9 Å². The van der Waals surface area contributed by atoms with Crippen LogP contribution in [-0.2, 0) is 10.0 Å². The Morgan fingerprint density at radius 2 is 2.06 bits per heavy atom. The van der Waals surface area contributed by atoms with Gasteiger partial charge in [-0.05, 0) is 15.9 Å². The molecule has 0 aliphatic heterocycles. The fraction of sp³-hybridized carbons (Fsp3) is 0.167. The minimum Gasteiger partial charge on any atom is -0.258 e. The predicted molar refractivity (Wildman–Crippen MR) is 54.9 cm³/mol. The summed E-state index contributed by atoms with van der Waals surface area (Å²) in [7, 11) is -4.35. The summed E-state index contributed by atoms with van der Waals surface area (Å²) in [5.41, 5.74) is -2.06. The number of halogens is 3. The topological polar surface area (TPSA) is 116 Å². The fourth-order valence-electron chi connectivity index (χ4n) is 1.03. The van der Waals surface area contributed by atoms with Crippen molar-refractivity contribution in [3.8, 4) is 0 Å². The number of pyridine rings is 1. The maximum atomic E-state index is 12.6. The molecule has 0 radical (unpaired) electrons. The largest absolute Gasteiger partial charge is 0.297 e. The SMILES string of the molecule is NS(=O)(=O)c1ncc([N+](=O)[O-])c(C(F)F)c1Br. The maximum absolute atomic E-state index is 12.6. The monoisotopic (exact) mass is 331 g/mol. The van der Waals surface area contributed by atoms with E-state index in [1.165, 1.54) is 0 Å². The van der Waals surface area contributed by atoms with Crippen molar-refractivity contribution in [1.29, 1.82) is 0 Å². The van der Waals surface area contributed by atoms with Crippen molar-refractivity contribution in [3.05, 3.63) is 26.3 Å². The Labute approximate surface area is 102 Å². The van der Waals surface area contributed by atoms with E-state index in [-0.39, 0.29) is 0 Å². The molecule has 17 heavy (non-hydrogen) atoms. The number of nitrogens with two attached hydrogens (primary N) is 1. The molecule has 0 fully saturated rings. The van der Waals surface area contributed by atoms with E-state index in [4.69, 9.17) is 5.14 Å². The predicted octanol–water partition coefficient (Wildman–Crippen LogP) is 1.34. The number of primary sulfonamides is 1. The van der Waals surface area contributed by atoms with Crippen LogP contribution in [0.1, 0.15) is 12.0 Å². The Kier molecular flexibility index (Phi) is 3.74. The fourth-order valence-corrected chi connectivity index (χ4v) is 2.74. The van der Waals surface area contributed by atoms with Crippen LogP contribution in [0.5, 0.6) is 0 Å². The summed E-state index contributed by atoms with van der Waals surface area (Å²) in [6.45, 7) is 0. The third kappa shape index (κ3) is 2.73. The molecule has 1 rings (SSSR count). The maximum Gasteiger partial charge on any atom is 0.297 e. The van der Waals surface area contributed by atoms with Crippen molar-refractivity contribution in [3.63, 3.8) is 0 Å². The van der Waals surface area contributed by atoms with E-state index in [0.717, 1.165) is 0 Å². The average Bonchev–Trinajstić information content (AvgIpc) is 2.13. The van der Waals surface area contributed by atoms with Gasteiger partial charge in [-0.1, -0.05) is 0 Å². The molecule has 7 nitrogen and oxygen atoms in total. The molecule has 1 aromatic heterocycles. The number of nitrogens with zero attached hydrogens (tertiary/aromatic N) is 2. The summed E-state index contributed by atoms with van der Waals surface area (Å²) in [5, 5.41) is 14.3. The van der Waals surface area contributed by atoms with Crippen LogP contribution in [0.15, 0.2) is 15.7 Å². The van der Waals surface area contributed by atoms with E-state index in [0.29, 0.717) is 6.20 Å². The lowest BCUT2D eigenvalue weighted by Gasteiger charge is -2.07. The molecule has 0 amide bonds. The Balaban J connectivity index is 3.67. The van der Waals surface area contributed by atoms with E-state index in [1.807, 2.05) is 0 Å². The van der Waals surface area contributed by atoms with E-state index in [9.17, 15) is 27.3 Å². The van der Waals surface area contributed by atoms with Gasteiger partial charge < -0.3 is 0 Å². The quantitative estimate of drug-likeness (QED) is 0.662. The molecular weight excluding hydrogens is 328 g/mol. The molecule has 11 heteroatoms. The lowest BCUT2D eigenvalue weighted by Crippen LogP contribution is -2.16. The van der Waals surface area contributed by atoms with Crippen molar-refractivity contribution in [2.45, 2.75) is 11.5 Å². The van der Waals surface area contributed by atoms with Crippen molar-refractivity contribution in [1.82, 2.24) is 4.98 Å². The second kappa shape index (κ2) is 4.58. The molecule has 0 bridgehead atoms. The number of sulfonamides is 1. The third-order valence-corrected chi connectivity index (χ3v) is 3.60. The smallest absolute Gasteiger partial charge is 0.258 e. The molecule has 94 valence electrons. The molecule has 1 aromatic rings. The molecule has 0 aromatic carbocycles. The summed E-state index contributed by atoms with van der Waals surface area (Å²) in [5.74, 6) is 0. The number of aromatic nitrogens is 1. The molecule has 0 aliphatic rings. The first-order valence-electron chi connectivity index (χ1n) is 3.80. The van der Waals surface area contributed by atoms with Gasteiger partial charge in [0.2, 0.25) is 0 Å². The number of hydrogen-bond acceptors (Lipinski definition) is 5. The highest BCUT2D eigenvalue weighted by molar-refractivity contribution is 9.10. The van der Waals surface area contributed by atoms with Crippen molar-refractivity contribution >= 4 is 31.6 Å². The van der Waals surface area contributed by atoms with Crippen LogP contribution in [0.2, 0.25) is 0 Å². The van der Waals surface area contributed by atoms with Crippen LogP contribution in [0.4, 0.5) is 14.5 Å². The van der Waals surface area contributed by atoms with Crippen LogP contribution in [-0.4, -0.2) is 18.3 Å². The Morgan fingerprint density at radius 3 is 2.41 bits per heavy atom. The highest BCUT2D eigenvalue weighted by atomic mass is 79.9. The lowest BCUT2D eigenvalue weighted by molar-refractivity contribution is -0.386. The summed E-state index contributed by atoms with van der Waals surface area (Å²) in [6, 6.07) is 0. The van der Waals surface area contributed by atoms with Gasteiger partial charge in [-0.2, -0.15) is 0 Å². The highest BCUT2D eigenvalue weighted by Gasteiger charge is 2.30. The van der Waals surface area contributed by atoms with E-state index < -0.39 is 42.1 Å². The molecule has 0 atom stereocenters. The molecule has 1 heterocycles. The lowest BCUT2D eigenvalue weighted by atomic mass is 10.2. The number of nitro groups is 1. The zero-order chi connectivity index (χ0) is 13.4. The first kappa shape index (κ1) is 13.9. The van der Waals surface area contributed by atoms with Crippen LogP contribution in [0.25, 0.3) is 0 Å². The zero-order valence-corrected chi connectivity index (χ0v) is 10.2. The van der Waals surface area contributed by atoms with Gasteiger partial charge in [0.25, 0.3) is 22.1 Å². The first-order valence-corrected chi connectivity index (χ1v) is 6.14. The Bertz CT molecular complexity index is 577. The molecule has 0 aliphatic carbocycles. The van der Waals surface area contributed by atoms with E-state index >= 15 is 0 Å². The highest BCUT2D eigenvalue weighted by Crippen LogP contribution is 2.37. The van der Waals surface area contributed by atoms with Crippen LogP contribution in [0.3, 0.4) is 0 Å². The molecule has 0 saturated heterocycles. The number of rotatable bonds is 3. The molecule has 0 unspecified atom stereocenters. The minimum absolute atomic E-state index is 0.423. The zero-order valence-electron chi connectivity index (χ0n) is 7.80. The van der Waals surface area contributed by atoms with Gasteiger partial charge in [0.05, 0.1) is 9.40 Å².